The van der Waals surface area contributed by atoms with Crippen molar-refractivity contribution in [3.05, 3.63) is 65.4 Å². The maximum absolute atomic E-state index is 13.9. The third-order valence-electron chi connectivity index (χ3n) is 5.47. The summed E-state index contributed by atoms with van der Waals surface area (Å²) in [6, 6.07) is 3.32. The molecule has 0 aliphatic carbocycles. The molecular weight excluding hydrogens is 434 g/mol. The summed E-state index contributed by atoms with van der Waals surface area (Å²) in [5.74, 6) is -3.27. The molecular formula is C25H25N5O4. The zero-order valence-electron chi connectivity index (χ0n) is 27.9. The molecule has 3 amide bonds. The second-order valence-electron chi connectivity index (χ2n) is 7.37. The molecule has 0 spiro atoms. The van der Waals surface area contributed by atoms with Crippen LogP contribution in [0.25, 0.3) is 5.69 Å². The lowest BCUT2D eigenvalue weighted by molar-refractivity contribution is -0.119. The predicted molar refractivity (Wildman–Crippen MR) is 127 cm³/mol. The number of piperidine rings is 1. The highest BCUT2D eigenvalue weighted by atomic mass is 16.5. The summed E-state index contributed by atoms with van der Waals surface area (Å²) in [5, 5.41) is 4.12. The van der Waals surface area contributed by atoms with Crippen LogP contribution < -0.4 is 20.3 Å². The van der Waals surface area contributed by atoms with Crippen LogP contribution in [-0.4, -0.2) is 47.7 Å². The molecule has 9 heteroatoms. The molecule has 0 radical (unpaired) electrons. The molecule has 3 heterocycles. The number of hydrogen-bond donors (Lipinski definition) is 1. The van der Waals surface area contributed by atoms with Gasteiger partial charge in [0.05, 0.1) is 18.3 Å². The molecule has 2 N–H and O–H groups in total. The molecule has 0 atom stereocenters. The zero-order chi connectivity index (χ0) is 32.7. The number of rotatable bonds is 5. The first kappa shape index (κ1) is 12.9. The SMILES string of the molecule is [2H]c1c([2H])c(-n2nc(C(N)=O)c3c2C(=O)N(c2ccc(N4CC([2H])([2H])C([2H])([2H])C([2H])([2H])C4=O)cc2)CC3)c([2H])c([2H])c1OC. The Hall–Kier alpha value is -4.14. The number of nitrogens with two attached hydrogens (primary N) is 1. The van der Waals surface area contributed by atoms with Crippen LogP contribution in [0.3, 0.4) is 0 Å². The second kappa shape index (κ2) is 8.66. The quantitative estimate of drug-likeness (QED) is 0.618. The van der Waals surface area contributed by atoms with Gasteiger partial charge >= 0.3 is 0 Å². The molecule has 174 valence electrons. The Labute approximate surface area is 210 Å². The van der Waals surface area contributed by atoms with Crippen molar-refractivity contribution in [1.82, 2.24) is 9.78 Å². The molecule has 1 aromatic heterocycles. The summed E-state index contributed by atoms with van der Waals surface area (Å²) in [5.41, 5.74) is 5.12. The third-order valence-corrected chi connectivity index (χ3v) is 5.47. The van der Waals surface area contributed by atoms with Crippen LogP contribution >= 0.6 is 0 Å². The number of carbonyl (C=O) groups is 3. The average molecular weight is 470 g/mol. The maximum atomic E-state index is 13.9. The summed E-state index contributed by atoms with van der Waals surface area (Å²) in [6.45, 7) is -0.718. The first-order chi connectivity index (χ1) is 20.4. The van der Waals surface area contributed by atoms with Crippen molar-refractivity contribution in [2.75, 3.05) is 30.0 Å². The largest absolute Gasteiger partial charge is 0.497 e. The van der Waals surface area contributed by atoms with E-state index >= 15 is 0 Å². The van der Waals surface area contributed by atoms with Crippen LogP contribution in [0.1, 0.15) is 59.4 Å². The molecule has 34 heavy (non-hydrogen) atoms. The molecule has 1 fully saturated rings. The molecule has 2 aliphatic heterocycles. The van der Waals surface area contributed by atoms with E-state index in [1.54, 1.807) is 0 Å². The fourth-order valence-corrected chi connectivity index (χ4v) is 3.84. The maximum Gasteiger partial charge on any atom is 0.277 e. The van der Waals surface area contributed by atoms with E-state index in [-0.39, 0.29) is 47.0 Å². The normalized spacial score (nSPS) is 24.6. The van der Waals surface area contributed by atoms with Crippen molar-refractivity contribution < 1.29 is 32.8 Å². The third kappa shape index (κ3) is 3.68. The van der Waals surface area contributed by atoms with Crippen LogP contribution in [0.15, 0.2) is 48.4 Å². The molecule has 9 nitrogen and oxygen atoms in total. The van der Waals surface area contributed by atoms with Gasteiger partial charge in [0.15, 0.2) is 5.69 Å². The Morgan fingerprint density at radius 1 is 1.03 bits per heavy atom. The number of aromatic nitrogens is 2. The number of fused-ring (bicyclic) bond motifs is 1. The molecule has 5 rings (SSSR count). The molecule has 0 unspecified atom stereocenters. The van der Waals surface area contributed by atoms with Gasteiger partial charge in [-0.15, -0.1) is 0 Å². The summed E-state index contributed by atoms with van der Waals surface area (Å²) >= 11 is 0. The van der Waals surface area contributed by atoms with Gasteiger partial charge < -0.3 is 20.3 Å². The van der Waals surface area contributed by atoms with Crippen molar-refractivity contribution in [3.8, 4) is 11.4 Å². The number of primary amides is 1. The van der Waals surface area contributed by atoms with E-state index in [4.69, 9.17) is 24.2 Å². The Bertz CT molecular complexity index is 1710. The number of hydrogen-bond acceptors (Lipinski definition) is 5. The summed E-state index contributed by atoms with van der Waals surface area (Å²) in [7, 11) is 1.18. The first-order valence-corrected chi connectivity index (χ1v) is 10.2. The van der Waals surface area contributed by atoms with E-state index in [9.17, 15) is 14.4 Å². The van der Waals surface area contributed by atoms with Gasteiger partial charge in [-0.1, -0.05) is 0 Å². The molecule has 2 aliphatic rings. The number of amides is 3. The van der Waals surface area contributed by atoms with Crippen LogP contribution in [-0.2, 0) is 11.2 Å². The number of benzene rings is 2. The van der Waals surface area contributed by atoms with Crippen molar-refractivity contribution >= 4 is 29.1 Å². The fourth-order valence-electron chi connectivity index (χ4n) is 3.84. The van der Waals surface area contributed by atoms with Gasteiger partial charge in [-0.3, -0.25) is 14.4 Å². The highest BCUT2D eigenvalue weighted by molar-refractivity contribution is 6.09. The minimum absolute atomic E-state index is 0.0303. The number of methoxy groups -OCH3 is 1. The van der Waals surface area contributed by atoms with Gasteiger partial charge in [0.1, 0.15) is 11.4 Å². The summed E-state index contributed by atoms with van der Waals surface area (Å²) in [6.07, 6.45) is -8.89. The molecule has 2 aromatic carbocycles. The predicted octanol–water partition coefficient (Wildman–Crippen LogP) is 2.70. The summed E-state index contributed by atoms with van der Waals surface area (Å²) < 4.78 is 87.1. The number of carbonyl (C=O) groups excluding carboxylic acids is 3. The number of nitrogens with zero attached hydrogens (tertiary/aromatic N) is 4. The van der Waals surface area contributed by atoms with E-state index in [0.29, 0.717) is 0 Å². The highest BCUT2D eigenvalue weighted by Crippen LogP contribution is 2.31. The topological polar surface area (TPSA) is 111 Å². The zero-order valence-corrected chi connectivity index (χ0v) is 17.9. The van der Waals surface area contributed by atoms with Crippen molar-refractivity contribution in [1.29, 1.82) is 0 Å². The van der Waals surface area contributed by atoms with Gasteiger partial charge in [-0.2, -0.15) is 5.10 Å². The van der Waals surface area contributed by atoms with Crippen molar-refractivity contribution in [2.24, 2.45) is 5.73 Å². The minimum Gasteiger partial charge on any atom is -0.497 e. The monoisotopic (exact) mass is 469 g/mol. The van der Waals surface area contributed by atoms with Gasteiger partial charge in [0, 0.05) is 44.6 Å². The lowest BCUT2D eigenvalue weighted by Gasteiger charge is -2.29. The van der Waals surface area contributed by atoms with Crippen LogP contribution in [0.5, 0.6) is 5.75 Å². The Morgan fingerprint density at radius 2 is 1.71 bits per heavy atom. The number of ether oxygens (including phenoxy) is 1. The lowest BCUT2D eigenvalue weighted by Crippen LogP contribution is -2.39. The van der Waals surface area contributed by atoms with Crippen LogP contribution in [0.2, 0.25) is 0 Å². The number of anilines is 2. The Morgan fingerprint density at radius 3 is 2.35 bits per heavy atom. The lowest BCUT2D eigenvalue weighted by atomic mass is 10.0. The van der Waals surface area contributed by atoms with Crippen LogP contribution in [0, 0.1) is 0 Å². The standard InChI is InChI=1S/C25H25N5O4/c1-34-19-11-9-18(10-12-19)30-23-20(22(27-30)24(26)32)13-15-29(25(23)33)17-7-5-16(6-8-17)28-14-3-2-4-21(28)31/h5-12H,2-4,13-15H2,1H3,(H2,26,32)/i2D2,3D2,4D2,9D,10D,11D,12D. The van der Waals surface area contributed by atoms with Crippen LogP contribution in [0.4, 0.5) is 11.4 Å². The van der Waals surface area contributed by atoms with Gasteiger partial charge in [0.25, 0.3) is 11.8 Å². The average Bonchev–Trinajstić information content (AvgIpc) is 3.35. The summed E-state index contributed by atoms with van der Waals surface area (Å²) in [4.78, 5) is 41.1. The van der Waals surface area contributed by atoms with Crippen molar-refractivity contribution in [2.45, 2.75) is 25.5 Å². The second-order valence-corrected chi connectivity index (χ2v) is 7.37. The van der Waals surface area contributed by atoms with E-state index < -0.39 is 73.2 Å². The minimum atomic E-state index is -3.16. The Kier molecular flexibility index (Phi) is 3.29. The van der Waals surface area contributed by atoms with E-state index in [0.717, 1.165) is 9.58 Å². The molecule has 3 aromatic rings. The smallest absolute Gasteiger partial charge is 0.277 e. The van der Waals surface area contributed by atoms with Gasteiger partial charge in [-0.25, -0.2) is 4.68 Å². The van der Waals surface area contributed by atoms with E-state index in [2.05, 4.69) is 5.10 Å². The highest BCUT2D eigenvalue weighted by Gasteiger charge is 2.34. The van der Waals surface area contributed by atoms with Gasteiger partial charge in [0.2, 0.25) is 5.91 Å². The Balaban J connectivity index is 1.56. The van der Waals surface area contributed by atoms with Gasteiger partial charge in [-0.05, 0) is 67.6 Å². The molecule has 0 saturated carbocycles. The van der Waals surface area contributed by atoms with E-state index in [1.807, 2.05) is 0 Å². The first-order valence-electron chi connectivity index (χ1n) is 15.2. The van der Waals surface area contributed by atoms with E-state index in [1.165, 1.54) is 36.3 Å². The molecule has 1 saturated heterocycles. The molecule has 0 bridgehead atoms. The van der Waals surface area contributed by atoms with Crippen molar-refractivity contribution in [3.63, 3.8) is 0 Å². The fraction of sp³-hybridized carbons (Fsp3) is 0.280.